The lowest BCUT2D eigenvalue weighted by Gasteiger charge is -2.29. The van der Waals surface area contributed by atoms with Crippen LogP contribution in [-0.2, 0) is 13.0 Å². The Balaban J connectivity index is 1.46. The Morgan fingerprint density at radius 1 is 1.04 bits per heavy atom. The molecule has 2 heterocycles. The number of carbonyl (C=O) groups excluding carboxylic acids is 1. The van der Waals surface area contributed by atoms with Crippen LogP contribution in [0, 0.1) is 11.3 Å². The van der Waals surface area contributed by atoms with Crippen LogP contribution in [0.1, 0.15) is 27.2 Å². The van der Waals surface area contributed by atoms with Crippen LogP contribution >= 0.6 is 0 Å². The molecule has 3 aromatic rings. The quantitative estimate of drug-likeness (QED) is 0.780. The SMILES string of the molecule is N#Cc1cccc(NC(=O)c2ccc(N3CCc4ccccc4C3)nn2)c1. The van der Waals surface area contributed by atoms with Gasteiger partial charge in [0.2, 0.25) is 0 Å². The zero-order chi connectivity index (χ0) is 18.6. The summed E-state index contributed by atoms with van der Waals surface area (Å²) in [6.07, 6.45) is 0.968. The third-order valence-electron chi connectivity index (χ3n) is 4.59. The number of benzene rings is 2. The molecular weight excluding hydrogens is 338 g/mol. The lowest BCUT2D eigenvalue weighted by atomic mass is 10.00. The van der Waals surface area contributed by atoms with Gasteiger partial charge in [-0.2, -0.15) is 5.26 Å². The van der Waals surface area contributed by atoms with E-state index in [1.165, 1.54) is 11.1 Å². The molecule has 6 heteroatoms. The number of nitrogens with zero attached hydrogens (tertiary/aromatic N) is 4. The summed E-state index contributed by atoms with van der Waals surface area (Å²) in [6.45, 7) is 1.66. The fourth-order valence-corrected chi connectivity index (χ4v) is 3.17. The lowest BCUT2D eigenvalue weighted by Crippen LogP contribution is -2.31. The number of hydrogen-bond donors (Lipinski definition) is 1. The van der Waals surface area contributed by atoms with Crippen molar-refractivity contribution in [3.8, 4) is 6.07 Å². The van der Waals surface area contributed by atoms with E-state index in [1.807, 2.05) is 18.2 Å². The zero-order valence-electron chi connectivity index (χ0n) is 14.6. The van der Waals surface area contributed by atoms with E-state index in [-0.39, 0.29) is 11.6 Å². The molecule has 0 unspecified atom stereocenters. The maximum atomic E-state index is 12.4. The van der Waals surface area contributed by atoms with Gasteiger partial charge in [0, 0.05) is 18.8 Å². The molecule has 0 radical (unpaired) electrons. The van der Waals surface area contributed by atoms with Crippen LogP contribution in [0.5, 0.6) is 0 Å². The van der Waals surface area contributed by atoms with Gasteiger partial charge in [0.05, 0.1) is 11.6 Å². The van der Waals surface area contributed by atoms with Gasteiger partial charge >= 0.3 is 0 Å². The van der Waals surface area contributed by atoms with E-state index in [9.17, 15) is 4.79 Å². The maximum absolute atomic E-state index is 12.4. The first-order valence-electron chi connectivity index (χ1n) is 8.70. The minimum atomic E-state index is -0.354. The fourth-order valence-electron chi connectivity index (χ4n) is 3.17. The van der Waals surface area contributed by atoms with Crippen molar-refractivity contribution in [3.63, 3.8) is 0 Å². The Morgan fingerprint density at radius 2 is 1.89 bits per heavy atom. The van der Waals surface area contributed by atoms with Crippen LogP contribution in [0.15, 0.2) is 60.7 Å². The highest BCUT2D eigenvalue weighted by Gasteiger charge is 2.18. The van der Waals surface area contributed by atoms with Crippen LogP contribution < -0.4 is 10.2 Å². The molecule has 1 N–H and O–H groups in total. The summed E-state index contributed by atoms with van der Waals surface area (Å²) in [7, 11) is 0. The molecule has 0 aliphatic carbocycles. The van der Waals surface area contributed by atoms with Gasteiger partial charge in [-0.05, 0) is 47.9 Å². The van der Waals surface area contributed by atoms with Gasteiger partial charge < -0.3 is 10.2 Å². The average molecular weight is 355 g/mol. The molecule has 0 saturated heterocycles. The zero-order valence-corrected chi connectivity index (χ0v) is 14.6. The molecule has 0 saturated carbocycles. The van der Waals surface area contributed by atoms with Crippen LogP contribution in [0.2, 0.25) is 0 Å². The summed E-state index contributed by atoms with van der Waals surface area (Å²) in [5.74, 6) is 0.403. The third-order valence-corrected chi connectivity index (χ3v) is 4.59. The fraction of sp³-hybridized carbons (Fsp3) is 0.143. The normalized spacial score (nSPS) is 12.8. The molecule has 0 spiro atoms. The molecular formula is C21H17N5O. The number of fused-ring (bicyclic) bond motifs is 1. The Bertz CT molecular complexity index is 1020. The van der Waals surface area contributed by atoms with Gasteiger partial charge in [-0.3, -0.25) is 4.79 Å². The molecule has 0 bridgehead atoms. The van der Waals surface area contributed by atoms with Crippen molar-refractivity contribution >= 4 is 17.4 Å². The van der Waals surface area contributed by atoms with Gasteiger partial charge in [0.1, 0.15) is 0 Å². The first-order valence-corrected chi connectivity index (χ1v) is 8.70. The second-order valence-electron chi connectivity index (χ2n) is 6.36. The van der Waals surface area contributed by atoms with Crippen molar-refractivity contribution in [2.75, 3.05) is 16.8 Å². The average Bonchev–Trinajstić information content (AvgIpc) is 2.73. The largest absolute Gasteiger partial charge is 0.350 e. The highest BCUT2D eigenvalue weighted by molar-refractivity contribution is 6.02. The highest BCUT2D eigenvalue weighted by atomic mass is 16.1. The molecule has 0 atom stereocenters. The smallest absolute Gasteiger partial charge is 0.276 e. The number of carbonyl (C=O) groups is 1. The van der Waals surface area contributed by atoms with Gasteiger partial charge in [-0.1, -0.05) is 30.3 Å². The van der Waals surface area contributed by atoms with Crippen molar-refractivity contribution in [2.45, 2.75) is 13.0 Å². The number of amides is 1. The van der Waals surface area contributed by atoms with E-state index in [4.69, 9.17) is 5.26 Å². The van der Waals surface area contributed by atoms with Crippen LogP contribution in [-0.4, -0.2) is 22.6 Å². The number of hydrogen-bond acceptors (Lipinski definition) is 5. The number of nitriles is 1. The first kappa shape index (κ1) is 16.7. The summed E-state index contributed by atoms with van der Waals surface area (Å²) >= 11 is 0. The van der Waals surface area contributed by atoms with E-state index in [0.29, 0.717) is 11.3 Å². The predicted molar refractivity (Wildman–Crippen MR) is 102 cm³/mol. The van der Waals surface area contributed by atoms with Crippen molar-refractivity contribution < 1.29 is 4.79 Å². The van der Waals surface area contributed by atoms with E-state index in [2.05, 4.69) is 38.6 Å². The topological polar surface area (TPSA) is 81.9 Å². The number of rotatable bonds is 3. The van der Waals surface area contributed by atoms with Crippen molar-refractivity contribution in [1.29, 1.82) is 5.26 Å². The lowest BCUT2D eigenvalue weighted by molar-refractivity contribution is 0.102. The molecule has 6 nitrogen and oxygen atoms in total. The molecule has 1 amide bonds. The summed E-state index contributed by atoms with van der Waals surface area (Å²) < 4.78 is 0. The minimum Gasteiger partial charge on any atom is -0.350 e. The van der Waals surface area contributed by atoms with Gasteiger partial charge in [-0.15, -0.1) is 10.2 Å². The molecule has 4 rings (SSSR count). The highest BCUT2D eigenvalue weighted by Crippen LogP contribution is 2.22. The van der Waals surface area contributed by atoms with Gasteiger partial charge in [0.15, 0.2) is 11.5 Å². The predicted octanol–water partition coefficient (Wildman–Crippen LogP) is 3.16. The molecule has 1 aliphatic heterocycles. The first-order chi connectivity index (χ1) is 13.2. The summed E-state index contributed by atoms with van der Waals surface area (Å²) in [4.78, 5) is 14.5. The van der Waals surface area contributed by atoms with Gasteiger partial charge in [-0.25, -0.2) is 0 Å². The minimum absolute atomic E-state index is 0.235. The Labute approximate surface area is 157 Å². The van der Waals surface area contributed by atoms with Crippen molar-refractivity contribution in [2.24, 2.45) is 0 Å². The van der Waals surface area contributed by atoms with Crippen LogP contribution in [0.25, 0.3) is 0 Å². The van der Waals surface area contributed by atoms with Gasteiger partial charge in [0.25, 0.3) is 5.91 Å². The van der Waals surface area contributed by atoms with Crippen LogP contribution in [0.4, 0.5) is 11.5 Å². The van der Waals surface area contributed by atoms with E-state index < -0.39 is 0 Å². The second kappa shape index (κ2) is 7.26. The standard InChI is InChI=1S/C21H17N5O/c22-13-15-4-3-7-18(12-15)23-21(27)19-8-9-20(25-24-19)26-11-10-16-5-1-2-6-17(16)14-26/h1-9,12H,10-11,14H2,(H,23,27). The van der Waals surface area contributed by atoms with Crippen molar-refractivity contribution in [3.05, 3.63) is 83.0 Å². The molecule has 0 fully saturated rings. The molecule has 27 heavy (non-hydrogen) atoms. The van der Waals surface area contributed by atoms with Crippen LogP contribution in [0.3, 0.4) is 0 Å². The Kier molecular flexibility index (Phi) is 4.50. The van der Waals surface area contributed by atoms with E-state index >= 15 is 0 Å². The molecule has 1 aromatic heterocycles. The molecule has 2 aromatic carbocycles. The molecule has 132 valence electrons. The monoisotopic (exact) mass is 355 g/mol. The number of anilines is 2. The third kappa shape index (κ3) is 3.62. The number of aromatic nitrogens is 2. The van der Waals surface area contributed by atoms with E-state index in [1.54, 1.807) is 30.3 Å². The Morgan fingerprint density at radius 3 is 2.67 bits per heavy atom. The maximum Gasteiger partial charge on any atom is 0.276 e. The van der Waals surface area contributed by atoms with Crippen molar-refractivity contribution in [1.82, 2.24) is 10.2 Å². The summed E-state index contributed by atoms with van der Waals surface area (Å²) in [5, 5.41) is 20.0. The second-order valence-corrected chi connectivity index (χ2v) is 6.36. The summed E-state index contributed by atoms with van der Waals surface area (Å²) in [5.41, 5.74) is 3.94. The van der Waals surface area contributed by atoms with E-state index in [0.717, 1.165) is 25.3 Å². The summed E-state index contributed by atoms with van der Waals surface area (Å²) in [6, 6.07) is 20.7. The number of nitrogens with one attached hydrogen (secondary N) is 1. The Hall–Kier alpha value is -3.72. The molecule has 1 aliphatic rings.